The van der Waals surface area contributed by atoms with Crippen LogP contribution in [-0.4, -0.2) is 17.6 Å². The van der Waals surface area contributed by atoms with E-state index in [9.17, 15) is 4.79 Å². The lowest BCUT2D eigenvalue weighted by Crippen LogP contribution is -2.12. The maximum Gasteiger partial charge on any atom is 0.350 e. The SMILES string of the molecule is CCOC(=O)c1sc2nc(C(C)(C)C)ccc2c1N. The summed E-state index contributed by atoms with van der Waals surface area (Å²) in [7, 11) is 0. The number of fused-ring (bicyclic) bond motifs is 1. The van der Waals surface area contributed by atoms with Crippen molar-refractivity contribution in [3.05, 3.63) is 22.7 Å². The van der Waals surface area contributed by atoms with Crippen LogP contribution >= 0.6 is 11.3 Å². The van der Waals surface area contributed by atoms with E-state index in [1.807, 2.05) is 12.1 Å². The molecule has 0 aromatic carbocycles. The van der Waals surface area contributed by atoms with Crippen LogP contribution in [0.4, 0.5) is 5.69 Å². The van der Waals surface area contributed by atoms with Crippen LogP contribution in [0.15, 0.2) is 12.1 Å². The number of aromatic nitrogens is 1. The second-order valence-corrected chi connectivity index (χ2v) is 6.36. The van der Waals surface area contributed by atoms with E-state index in [-0.39, 0.29) is 11.4 Å². The van der Waals surface area contributed by atoms with Gasteiger partial charge < -0.3 is 10.5 Å². The molecular weight excluding hydrogens is 260 g/mol. The van der Waals surface area contributed by atoms with Gasteiger partial charge >= 0.3 is 5.97 Å². The van der Waals surface area contributed by atoms with Gasteiger partial charge in [0, 0.05) is 16.5 Å². The minimum absolute atomic E-state index is 0.0307. The fourth-order valence-electron chi connectivity index (χ4n) is 1.76. The predicted octanol–water partition coefficient (Wildman–Crippen LogP) is 3.35. The number of pyridine rings is 1. The zero-order chi connectivity index (χ0) is 14.2. The summed E-state index contributed by atoms with van der Waals surface area (Å²) in [5.41, 5.74) is 7.42. The quantitative estimate of drug-likeness (QED) is 0.855. The molecule has 5 heteroatoms. The van der Waals surface area contributed by atoms with Gasteiger partial charge in [-0.2, -0.15) is 0 Å². The number of thiophene rings is 1. The molecular formula is C14H18N2O2S. The number of carbonyl (C=O) groups excluding carboxylic acids is 1. The first-order valence-corrected chi connectivity index (χ1v) is 7.03. The summed E-state index contributed by atoms with van der Waals surface area (Å²) in [6.07, 6.45) is 0. The first-order chi connectivity index (χ1) is 8.84. The Bertz CT molecular complexity index is 626. The lowest BCUT2D eigenvalue weighted by molar-refractivity contribution is 0.0533. The zero-order valence-corrected chi connectivity index (χ0v) is 12.4. The van der Waals surface area contributed by atoms with Gasteiger partial charge in [-0.15, -0.1) is 11.3 Å². The summed E-state index contributed by atoms with van der Waals surface area (Å²) in [5.74, 6) is -0.375. The summed E-state index contributed by atoms with van der Waals surface area (Å²) >= 11 is 1.29. The Morgan fingerprint density at radius 2 is 2.11 bits per heavy atom. The number of hydrogen-bond donors (Lipinski definition) is 1. The molecule has 0 radical (unpaired) electrons. The van der Waals surface area contributed by atoms with E-state index in [1.54, 1.807) is 6.92 Å². The van der Waals surface area contributed by atoms with Gasteiger partial charge in [0.1, 0.15) is 9.71 Å². The molecule has 4 nitrogen and oxygen atoms in total. The van der Waals surface area contributed by atoms with Crippen molar-refractivity contribution < 1.29 is 9.53 Å². The molecule has 0 unspecified atom stereocenters. The number of hydrogen-bond acceptors (Lipinski definition) is 5. The molecule has 0 aliphatic carbocycles. The van der Waals surface area contributed by atoms with Gasteiger partial charge in [-0.3, -0.25) is 0 Å². The number of rotatable bonds is 2. The van der Waals surface area contributed by atoms with Crippen LogP contribution in [0.5, 0.6) is 0 Å². The Labute approximate surface area is 116 Å². The van der Waals surface area contributed by atoms with Crippen LogP contribution in [-0.2, 0) is 10.2 Å². The van der Waals surface area contributed by atoms with Gasteiger partial charge in [0.05, 0.1) is 12.3 Å². The molecule has 2 heterocycles. The van der Waals surface area contributed by atoms with Gasteiger partial charge in [0.25, 0.3) is 0 Å². The third-order valence-electron chi connectivity index (χ3n) is 2.82. The summed E-state index contributed by atoms with van der Waals surface area (Å²) < 4.78 is 5.00. The maximum absolute atomic E-state index is 11.8. The lowest BCUT2D eigenvalue weighted by atomic mass is 9.91. The van der Waals surface area contributed by atoms with Gasteiger partial charge in [0.2, 0.25) is 0 Å². The monoisotopic (exact) mass is 278 g/mol. The fourth-order valence-corrected chi connectivity index (χ4v) is 2.75. The van der Waals surface area contributed by atoms with Crippen LogP contribution in [0.3, 0.4) is 0 Å². The van der Waals surface area contributed by atoms with Crippen LogP contribution in [0.2, 0.25) is 0 Å². The third-order valence-corrected chi connectivity index (χ3v) is 3.92. The van der Waals surface area contributed by atoms with Crippen molar-refractivity contribution in [2.75, 3.05) is 12.3 Å². The molecule has 0 amide bonds. The average molecular weight is 278 g/mol. The molecule has 0 saturated carbocycles. The molecule has 0 aliphatic heterocycles. The molecule has 0 atom stereocenters. The van der Waals surface area contributed by atoms with Crippen molar-refractivity contribution in [3.63, 3.8) is 0 Å². The molecule has 2 aromatic rings. The molecule has 102 valence electrons. The van der Waals surface area contributed by atoms with Crippen molar-refractivity contribution in [2.45, 2.75) is 33.1 Å². The van der Waals surface area contributed by atoms with E-state index < -0.39 is 0 Å². The molecule has 2 rings (SSSR count). The summed E-state index contributed by atoms with van der Waals surface area (Å²) in [6.45, 7) is 8.42. The van der Waals surface area contributed by atoms with Crippen molar-refractivity contribution in [2.24, 2.45) is 0 Å². The number of anilines is 1. The Kier molecular flexibility index (Phi) is 3.49. The standard InChI is InChI=1S/C14H18N2O2S/c1-5-18-13(17)11-10(15)8-6-7-9(14(2,3)4)16-12(8)19-11/h6-7H,5,15H2,1-4H3. The average Bonchev–Trinajstić information content (AvgIpc) is 2.66. The predicted molar refractivity (Wildman–Crippen MR) is 78.7 cm³/mol. The maximum atomic E-state index is 11.8. The molecule has 0 saturated heterocycles. The van der Waals surface area contributed by atoms with Crippen molar-refractivity contribution in [1.82, 2.24) is 4.98 Å². The summed E-state index contributed by atoms with van der Waals surface area (Å²) in [5, 5.41) is 0.820. The van der Waals surface area contributed by atoms with Crippen LogP contribution in [0, 0.1) is 0 Å². The molecule has 2 N–H and O–H groups in total. The Morgan fingerprint density at radius 1 is 1.42 bits per heavy atom. The highest BCUT2D eigenvalue weighted by Gasteiger charge is 2.21. The third kappa shape index (κ3) is 2.56. The van der Waals surface area contributed by atoms with E-state index in [4.69, 9.17) is 10.5 Å². The number of carbonyl (C=O) groups is 1. The highest BCUT2D eigenvalue weighted by molar-refractivity contribution is 7.21. The molecule has 19 heavy (non-hydrogen) atoms. The van der Waals surface area contributed by atoms with Crippen LogP contribution in [0.25, 0.3) is 10.2 Å². The minimum atomic E-state index is -0.375. The normalized spacial score (nSPS) is 11.8. The fraction of sp³-hybridized carbons (Fsp3) is 0.429. The molecule has 0 spiro atoms. The zero-order valence-electron chi connectivity index (χ0n) is 11.6. The van der Waals surface area contributed by atoms with Gasteiger partial charge in [-0.05, 0) is 19.1 Å². The topological polar surface area (TPSA) is 65.2 Å². The Morgan fingerprint density at radius 3 is 2.68 bits per heavy atom. The van der Waals surface area contributed by atoms with E-state index in [2.05, 4.69) is 25.8 Å². The highest BCUT2D eigenvalue weighted by atomic mass is 32.1. The van der Waals surface area contributed by atoms with E-state index in [0.717, 1.165) is 15.9 Å². The number of ether oxygens (including phenoxy) is 1. The van der Waals surface area contributed by atoms with E-state index >= 15 is 0 Å². The van der Waals surface area contributed by atoms with Gasteiger partial charge in [-0.25, -0.2) is 9.78 Å². The van der Waals surface area contributed by atoms with Crippen molar-refractivity contribution >= 4 is 33.2 Å². The molecule has 2 aromatic heterocycles. The van der Waals surface area contributed by atoms with E-state index in [1.165, 1.54) is 11.3 Å². The number of nitrogens with two attached hydrogens (primary N) is 1. The highest BCUT2D eigenvalue weighted by Crippen LogP contribution is 2.34. The van der Waals surface area contributed by atoms with Crippen molar-refractivity contribution in [3.8, 4) is 0 Å². The lowest BCUT2D eigenvalue weighted by Gasteiger charge is -2.17. The Balaban J connectivity index is 2.54. The minimum Gasteiger partial charge on any atom is -0.462 e. The number of esters is 1. The largest absolute Gasteiger partial charge is 0.462 e. The Hall–Kier alpha value is -1.62. The second kappa shape index (κ2) is 4.81. The molecule has 0 aliphatic rings. The van der Waals surface area contributed by atoms with Crippen LogP contribution < -0.4 is 5.73 Å². The smallest absolute Gasteiger partial charge is 0.350 e. The van der Waals surface area contributed by atoms with Crippen LogP contribution in [0.1, 0.15) is 43.1 Å². The molecule has 0 bridgehead atoms. The van der Waals surface area contributed by atoms with Gasteiger partial charge in [-0.1, -0.05) is 20.8 Å². The molecule has 0 fully saturated rings. The first-order valence-electron chi connectivity index (χ1n) is 6.21. The number of nitrogens with zero attached hydrogens (tertiary/aromatic N) is 1. The first kappa shape index (κ1) is 13.8. The van der Waals surface area contributed by atoms with E-state index in [0.29, 0.717) is 17.2 Å². The second-order valence-electron chi connectivity index (χ2n) is 5.36. The summed E-state index contributed by atoms with van der Waals surface area (Å²) in [6, 6.07) is 3.89. The number of nitrogen functional groups attached to an aromatic ring is 1. The van der Waals surface area contributed by atoms with Gasteiger partial charge in [0.15, 0.2) is 0 Å². The van der Waals surface area contributed by atoms with Crippen molar-refractivity contribution in [1.29, 1.82) is 0 Å². The summed E-state index contributed by atoms with van der Waals surface area (Å²) in [4.78, 5) is 17.6.